The Morgan fingerprint density at radius 2 is 1.65 bits per heavy atom. The van der Waals surface area contributed by atoms with E-state index in [0.717, 1.165) is 6.07 Å². The number of fused-ring (bicyclic) bond motifs is 1. The Balaban J connectivity index is 2.15. The van der Waals surface area contributed by atoms with E-state index in [4.69, 9.17) is 4.74 Å². The first kappa shape index (κ1) is 15.7. The molecule has 0 aliphatic carbocycles. The van der Waals surface area contributed by atoms with Crippen LogP contribution in [-0.2, 0) is 6.18 Å². The molecule has 0 bridgehead atoms. The monoisotopic (exact) mass is 385 g/mol. The second-order valence-corrected chi connectivity index (χ2v) is 5.64. The minimum atomic E-state index is -4.60. The molecule has 3 aromatic rings. The lowest BCUT2D eigenvalue weighted by Gasteiger charge is -2.13. The normalized spacial score (nSPS) is 11.7. The first-order valence-electron chi connectivity index (χ1n) is 6.44. The van der Waals surface area contributed by atoms with E-state index in [1.807, 2.05) is 0 Å². The van der Waals surface area contributed by atoms with Crippen LogP contribution in [0.25, 0.3) is 10.9 Å². The summed E-state index contributed by atoms with van der Waals surface area (Å²) in [6.45, 7) is 0. The van der Waals surface area contributed by atoms with E-state index in [9.17, 15) is 17.6 Å². The van der Waals surface area contributed by atoms with Gasteiger partial charge in [0.05, 0.1) is 5.52 Å². The van der Waals surface area contributed by atoms with Crippen molar-refractivity contribution < 1.29 is 22.3 Å². The molecule has 0 N–H and O–H groups in total. The van der Waals surface area contributed by atoms with Gasteiger partial charge in [-0.05, 0) is 42.5 Å². The third kappa shape index (κ3) is 3.44. The van der Waals surface area contributed by atoms with E-state index >= 15 is 0 Å². The molecule has 0 spiro atoms. The van der Waals surface area contributed by atoms with Crippen LogP contribution in [0, 0.1) is 5.82 Å². The molecule has 0 fully saturated rings. The first-order chi connectivity index (χ1) is 10.8. The van der Waals surface area contributed by atoms with Gasteiger partial charge < -0.3 is 4.74 Å². The zero-order chi connectivity index (χ0) is 16.6. The van der Waals surface area contributed by atoms with Gasteiger partial charge >= 0.3 is 6.18 Å². The molecule has 0 aliphatic rings. The Morgan fingerprint density at radius 3 is 2.30 bits per heavy atom. The van der Waals surface area contributed by atoms with Crippen molar-refractivity contribution in [1.29, 1.82) is 0 Å². The number of ether oxygens (including phenoxy) is 1. The molecule has 1 aromatic heterocycles. The molecule has 118 valence electrons. The van der Waals surface area contributed by atoms with Crippen LogP contribution in [0.4, 0.5) is 17.6 Å². The molecule has 0 atom stereocenters. The maximum absolute atomic E-state index is 13.0. The topological polar surface area (TPSA) is 22.1 Å². The molecule has 1 heterocycles. The van der Waals surface area contributed by atoms with Gasteiger partial charge in [-0.15, -0.1) is 0 Å². The maximum Gasteiger partial charge on any atom is 0.433 e. The summed E-state index contributed by atoms with van der Waals surface area (Å²) in [5.41, 5.74) is -0.899. The van der Waals surface area contributed by atoms with Gasteiger partial charge in [0.2, 0.25) is 0 Å². The van der Waals surface area contributed by atoms with E-state index in [1.165, 1.54) is 30.3 Å². The zero-order valence-electron chi connectivity index (χ0n) is 11.4. The summed E-state index contributed by atoms with van der Waals surface area (Å²) in [5, 5.41) is 0.414. The fourth-order valence-corrected chi connectivity index (χ4v) is 2.39. The molecular formula is C16H8BrF4NO. The van der Waals surface area contributed by atoms with E-state index in [0.29, 0.717) is 9.86 Å². The predicted octanol–water partition coefficient (Wildman–Crippen LogP) is 5.95. The fraction of sp³-hybridized carbons (Fsp3) is 0.0625. The molecule has 7 heteroatoms. The summed E-state index contributed by atoms with van der Waals surface area (Å²) in [4.78, 5) is 3.62. The summed E-state index contributed by atoms with van der Waals surface area (Å²) in [7, 11) is 0. The molecule has 3 rings (SSSR count). The van der Waals surface area contributed by atoms with Crippen molar-refractivity contribution in [3.63, 3.8) is 0 Å². The Kier molecular flexibility index (Phi) is 3.97. The number of hydrogen-bond donors (Lipinski definition) is 0. The van der Waals surface area contributed by atoms with Crippen LogP contribution in [0.1, 0.15) is 5.69 Å². The molecule has 2 nitrogen and oxygen atoms in total. The molecule has 0 radical (unpaired) electrons. The maximum atomic E-state index is 13.0. The average Bonchev–Trinajstić information content (AvgIpc) is 2.49. The Labute approximate surface area is 136 Å². The van der Waals surface area contributed by atoms with Gasteiger partial charge in [-0.3, -0.25) is 0 Å². The van der Waals surface area contributed by atoms with Gasteiger partial charge in [-0.1, -0.05) is 15.9 Å². The largest absolute Gasteiger partial charge is 0.457 e. The quantitative estimate of drug-likeness (QED) is 0.508. The number of hydrogen-bond acceptors (Lipinski definition) is 2. The van der Waals surface area contributed by atoms with Crippen molar-refractivity contribution >= 4 is 26.8 Å². The molecule has 0 aliphatic heterocycles. The molecule has 2 aromatic carbocycles. The number of nitrogens with zero attached hydrogens (tertiary/aromatic N) is 1. The van der Waals surface area contributed by atoms with Crippen LogP contribution in [-0.4, -0.2) is 4.98 Å². The van der Waals surface area contributed by atoms with Gasteiger partial charge in [0.25, 0.3) is 0 Å². The smallest absolute Gasteiger partial charge is 0.433 e. The number of pyridine rings is 1. The number of halogens is 5. The highest BCUT2D eigenvalue weighted by molar-refractivity contribution is 9.10. The van der Waals surface area contributed by atoms with E-state index in [2.05, 4.69) is 20.9 Å². The summed E-state index contributed by atoms with van der Waals surface area (Å²) in [6, 6.07) is 10.5. The van der Waals surface area contributed by atoms with Crippen molar-refractivity contribution in [1.82, 2.24) is 4.98 Å². The van der Waals surface area contributed by atoms with E-state index in [-0.39, 0.29) is 17.0 Å². The second kappa shape index (κ2) is 5.81. The lowest BCUT2D eigenvalue weighted by atomic mass is 10.1. The van der Waals surface area contributed by atoms with E-state index in [1.54, 1.807) is 12.1 Å². The van der Waals surface area contributed by atoms with Crippen LogP contribution in [0.5, 0.6) is 11.5 Å². The van der Waals surface area contributed by atoms with Crippen molar-refractivity contribution in [2.45, 2.75) is 6.18 Å². The van der Waals surface area contributed by atoms with Gasteiger partial charge in [-0.25, -0.2) is 9.37 Å². The summed E-state index contributed by atoms with van der Waals surface area (Å²) < 4.78 is 58.1. The Hall–Kier alpha value is -2.15. The van der Waals surface area contributed by atoms with Gasteiger partial charge in [0.15, 0.2) is 0 Å². The third-order valence-electron chi connectivity index (χ3n) is 3.06. The van der Waals surface area contributed by atoms with Crippen LogP contribution in [0.15, 0.2) is 53.0 Å². The van der Waals surface area contributed by atoms with Crippen LogP contribution in [0.2, 0.25) is 0 Å². The Bertz CT molecular complexity index is 862. The van der Waals surface area contributed by atoms with Crippen molar-refractivity contribution in [3.05, 3.63) is 64.5 Å². The molecule has 23 heavy (non-hydrogen) atoms. The summed E-state index contributed by atoms with van der Waals surface area (Å²) in [6.07, 6.45) is -4.60. The van der Waals surface area contributed by atoms with Crippen LogP contribution in [0.3, 0.4) is 0 Å². The molecular weight excluding hydrogens is 378 g/mol. The highest BCUT2D eigenvalue weighted by Gasteiger charge is 2.33. The van der Waals surface area contributed by atoms with E-state index < -0.39 is 17.7 Å². The van der Waals surface area contributed by atoms with Crippen molar-refractivity contribution in [2.75, 3.05) is 0 Å². The number of rotatable bonds is 2. The van der Waals surface area contributed by atoms with Crippen molar-refractivity contribution in [3.8, 4) is 11.5 Å². The highest BCUT2D eigenvalue weighted by Crippen LogP contribution is 2.37. The SMILES string of the molecule is Fc1ccc(Oc2cc(C(F)(F)F)nc3ccc(Br)cc23)cc1. The number of alkyl halides is 3. The number of aromatic nitrogens is 1. The summed E-state index contributed by atoms with van der Waals surface area (Å²) in [5.74, 6) is -0.238. The molecule has 0 saturated heterocycles. The lowest BCUT2D eigenvalue weighted by Crippen LogP contribution is -2.08. The molecule has 0 unspecified atom stereocenters. The third-order valence-corrected chi connectivity index (χ3v) is 3.56. The fourth-order valence-electron chi connectivity index (χ4n) is 2.03. The minimum Gasteiger partial charge on any atom is -0.457 e. The predicted molar refractivity (Wildman–Crippen MR) is 80.9 cm³/mol. The van der Waals surface area contributed by atoms with Crippen LogP contribution >= 0.6 is 15.9 Å². The standard InChI is InChI=1S/C16H8BrF4NO/c17-9-1-6-13-12(7-9)14(8-15(22-13)16(19,20)21)23-11-4-2-10(18)3-5-11/h1-8H. The minimum absolute atomic E-state index is 0.00441. The molecule has 0 saturated carbocycles. The summed E-state index contributed by atoms with van der Waals surface area (Å²) >= 11 is 3.26. The van der Waals surface area contributed by atoms with Crippen LogP contribution < -0.4 is 4.74 Å². The molecule has 0 amide bonds. The second-order valence-electron chi connectivity index (χ2n) is 4.72. The van der Waals surface area contributed by atoms with Gasteiger partial charge in [0, 0.05) is 15.9 Å². The lowest BCUT2D eigenvalue weighted by molar-refractivity contribution is -0.141. The Morgan fingerprint density at radius 1 is 0.957 bits per heavy atom. The zero-order valence-corrected chi connectivity index (χ0v) is 13.0. The van der Waals surface area contributed by atoms with Gasteiger partial charge in [0.1, 0.15) is 23.0 Å². The number of benzene rings is 2. The highest BCUT2D eigenvalue weighted by atomic mass is 79.9. The average molecular weight is 386 g/mol. The first-order valence-corrected chi connectivity index (χ1v) is 7.23. The van der Waals surface area contributed by atoms with Gasteiger partial charge in [-0.2, -0.15) is 13.2 Å². The van der Waals surface area contributed by atoms with Crippen molar-refractivity contribution in [2.24, 2.45) is 0 Å².